The normalized spacial score (nSPS) is 15.1. The van der Waals surface area contributed by atoms with Crippen molar-refractivity contribution in [2.24, 2.45) is 0 Å². The van der Waals surface area contributed by atoms with Gasteiger partial charge in [0.05, 0.1) is 0 Å². The lowest BCUT2D eigenvalue weighted by Crippen LogP contribution is -2.47. The van der Waals surface area contributed by atoms with Crippen LogP contribution in [0.3, 0.4) is 0 Å². The van der Waals surface area contributed by atoms with E-state index in [2.05, 4.69) is 14.0 Å². The molecule has 0 N–H and O–H groups in total. The standard InChI is InChI=1S/C9H6BF15O3/c11-4(12,13)1-7(20,21)26-10(27-8(22,23)2-5(14,15)16)28-9(24,25)3-6(17,18)19/h1-3H2. The monoisotopic (exact) mass is 458 g/mol. The van der Waals surface area contributed by atoms with Crippen LogP contribution in [-0.2, 0) is 14.0 Å². The van der Waals surface area contributed by atoms with E-state index >= 15 is 0 Å². The van der Waals surface area contributed by atoms with Crippen molar-refractivity contribution < 1.29 is 79.8 Å². The molecule has 0 radical (unpaired) electrons. The lowest BCUT2D eigenvalue weighted by Gasteiger charge is -2.28. The number of rotatable bonds is 9. The van der Waals surface area contributed by atoms with Crippen molar-refractivity contribution >= 4 is 7.32 Å². The highest BCUT2D eigenvalue weighted by atomic mass is 19.4. The van der Waals surface area contributed by atoms with Crippen LogP contribution in [0.25, 0.3) is 0 Å². The third-order valence-corrected chi connectivity index (χ3v) is 2.02. The highest BCUT2D eigenvalue weighted by molar-refractivity contribution is 6.36. The van der Waals surface area contributed by atoms with Gasteiger partial charge in [0.2, 0.25) is 0 Å². The van der Waals surface area contributed by atoms with Crippen molar-refractivity contribution in [3.8, 4) is 0 Å². The first-order valence-corrected chi connectivity index (χ1v) is 6.28. The molecule has 0 bridgehead atoms. The zero-order chi connectivity index (χ0) is 22.8. The SMILES string of the molecule is FC(F)(F)CC(F)(F)OB(OC(F)(F)CC(F)(F)F)OC(F)(F)CC(F)(F)F. The molecule has 0 aliphatic rings. The molecule has 0 aliphatic heterocycles. The quantitative estimate of drug-likeness (QED) is 0.330. The summed E-state index contributed by atoms with van der Waals surface area (Å²) in [5, 5.41) is 0. The predicted octanol–water partition coefficient (Wildman–Crippen LogP) is 5.66. The van der Waals surface area contributed by atoms with Gasteiger partial charge in [0.1, 0.15) is 19.3 Å². The smallest absolute Gasteiger partial charge is 0.326 e. The third kappa shape index (κ3) is 14.0. The largest absolute Gasteiger partial charge is 0.652 e. The average Bonchev–Trinajstić information content (AvgIpc) is 2.12. The molecule has 0 spiro atoms. The Morgan fingerprint density at radius 3 is 0.714 bits per heavy atom. The maximum atomic E-state index is 13.0. The van der Waals surface area contributed by atoms with E-state index in [4.69, 9.17) is 0 Å². The van der Waals surface area contributed by atoms with Crippen LogP contribution in [0.2, 0.25) is 0 Å². The van der Waals surface area contributed by atoms with Crippen molar-refractivity contribution in [1.29, 1.82) is 0 Å². The van der Waals surface area contributed by atoms with Crippen molar-refractivity contribution in [1.82, 2.24) is 0 Å². The Hall–Kier alpha value is -1.11. The molecule has 0 amide bonds. The van der Waals surface area contributed by atoms with Gasteiger partial charge in [0, 0.05) is 0 Å². The molecule has 19 heteroatoms. The summed E-state index contributed by atoms with van der Waals surface area (Å²) in [5.41, 5.74) is 0. The maximum Gasteiger partial charge on any atom is 0.652 e. The molecule has 0 heterocycles. The van der Waals surface area contributed by atoms with Crippen LogP contribution in [0.4, 0.5) is 65.9 Å². The van der Waals surface area contributed by atoms with E-state index in [9.17, 15) is 65.9 Å². The van der Waals surface area contributed by atoms with Crippen molar-refractivity contribution in [3.63, 3.8) is 0 Å². The first-order chi connectivity index (χ1) is 11.9. The van der Waals surface area contributed by atoms with Gasteiger partial charge < -0.3 is 14.0 Å². The number of halogens is 15. The van der Waals surface area contributed by atoms with E-state index in [1.54, 1.807) is 0 Å². The Kier molecular flexibility index (Phi) is 8.00. The van der Waals surface area contributed by atoms with Crippen LogP contribution in [0.5, 0.6) is 0 Å². The molecular weight excluding hydrogens is 452 g/mol. The van der Waals surface area contributed by atoms with Gasteiger partial charge in [-0.1, -0.05) is 0 Å². The maximum absolute atomic E-state index is 13.0. The molecule has 0 unspecified atom stereocenters. The van der Waals surface area contributed by atoms with Gasteiger partial charge in [-0.25, -0.2) is 0 Å². The minimum atomic E-state index is -5.82. The van der Waals surface area contributed by atoms with Gasteiger partial charge in [0.25, 0.3) is 0 Å². The Balaban J connectivity index is 5.54. The van der Waals surface area contributed by atoms with E-state index < -0.39 is 63.4 Å². The molecule has 0 fully saturated rings. The number of hydrogen-bond donors (Lipinski definition) is 0. The highest BCUT2D eigenvalue weighted by Gasteiger charge is 2.57. The number of hydrogen-bond acceptors (Lipinski definition) is 3. The second-order valence-electron chi connectivity index (χ2n) is 4.93. The molecule has 28 heavy (non-hydrogen) atoms. The molecule has 3 nitrogen and oxygen atoms in total. The average molecular weight is 458 g/mol. The molecule has 0 saturated carbocycles. The van der Waals surface area contributed by atoms with E-state index in [-0.39, 0.29) is 0 Å². The summed E-state index contributed by atoms with van der Waals surface area (Å²) < 4.78 is 193. The van der Waals surface area contributed by atoms with Crippen molar-refractivity contribution in [3.05, 3.63) is 0 Å². The Labute approximate surface area is 144 Å². The summed E-state index contributed by atoms with van der Waals surface area (Å²) in [6, 6.07) is 0. The Morgan fingerprint density at radius 2 is 0.571 bits per heavy atom. The molecule has 0 atom stereocenters. The molecular formula is C9H6BF15O3. The van der Waals surface area contributed by atoms with E-state index in [0.717, 1.165) is 0 Å². The second kappa shape index (κ2) is 8.33. The Bertz CT molecular complexity index is 425. The first kappa shape index (κ1) is 26.9. The lowest BCUT2D eigenvalue weighted by molar-refractivity contribution is -0.317. The van der Waals surface area contributed by atoms with Gasteiger partial charge in [-0.15, -0.1) is 0 Å². The molecule has 168 valence electrons. The van der Waals surface area contributed by atoms with Crippen LogP contribution in [0.1, 0.15) is 19.3 Å². The minimum absolute atomic E-state index is 2.72. The van der Waals surface area contributed by atoms with Crippen molar-refractivity contribution in [2.75, 3.05) is 0 Å². The molecule has 0 aromatic rings. The summed E-state index contributed by atoms with van der Waals surface area (Å²) in [6.07, 6.45) is -44.6. The molecule has 0 saturated heterocycles. The van der Waals surface area contributed by atoms with Gasteiger partial charge in [-0.05, 0) is 0 Å². The van der Waals surface area contributed by atoms with Crippen LogP contribution < -0.4 is 0 Å². The molecule has 0 aromatic carbocycles. The van der Waals surface area contributed by atoms with E-state index in [1.165, 1.54) is 0 Å². The van der Waals surface area contributed by atoms with Crippen LogP contribution in [0, 0.1) is 0 Å². The molecule has 0 rings (SSSR count). The summed E-state index contributed by atoms with van der Waals surface area (Å²) in [7, 11) is -4.45. The van der Waals surface area contributed by atoms with Gasteiger partial charge in [-0.2, -0.15) is 65.9 Å². The van der Waals surface area contributed by atoms with Crippen LogP contribution in [0.15, 0.2) is 0 Å². The fourth-order valence-corrected chi connectivity index (χ4v) is 1.32. The zero-order valence-corrected chi connectivity index (χ0v) is 12.6. The summed E-state index contributed by atoms with van der Waals surface area (Å²) in [4.78, 5) is 0. The predicted molar refractivity (Wildman–Crippen MR) is 55.9 cm³/mol. The molecule has 0 aromatic heterocycles. The second-order valence-corrected chi connectivity index (χ2v) is 4.93. The topological polar surface area (TPSA) is 27.7 Å². The molecule has 0 aliphatic carbocycles. The summed E-state index contributed by atoms with van der Waals surface area (Å²) >= 11 is 0. The minimum Gasteiger partial charge on any atom is -0.326 e. The van der Waals surface area contributed by atoms with Crippen molar-refractivity contribution in [2.45, 2.75) is 56.1 Å². The first-order valence-electron chi connectivity index (χ1n) is 6.28. The van der Waals surface area contributed by atoms with E-state index in [1.807, 2.05) is 0 Å². The van der Waals surface area contributed by atoms with Gasteiger partial charge in [-0.3, -0.25) is 0 Å². The van der Waals surface area contributed by atoms with Crippen LogP contribution >= 0.6 is 0 Å². The van der Waals surface area contributed by atoms with Gasteiger partial charge >= 0.3 is 44.2 Å². The number of alkyl halides is 15. The fourth-order valence-electron chi connectivity index (χ4n) is 1.32. The van der Waals surface area contributed by atoms with Gasteiger partial charge in [0.15, 0.2) is 0 Å². The Morgan fingerprint density at radius 1 is 0.393 bits per heavy atom. The fraction of sp³-hybridized carbons (Fsp3) is 1.00. The third-order valence-electron chi connectivity index (χ3n) is 2.02. The zero-order valence-electron chi connectivity index (χ0n) is 12.6. The van der Waals surface area contributed by atoms with Crippen LogP contribution in [-0.4, -0.2) is 44.2 Å². The summed E-state index contributed by atoms with van der Waals surface area (Å²) in [6.45, 7) is 0. The van der Waals surface area contributed by atoms with E-state index in [0.29, 0.717) is 0 Å². The lowest BCUT2D eigenvalue weighted by atomic mass is 10.2. The summed E-state index contributed by atoms with van der Waals surface area (Å²) in [5.74, 6) is 0. The highest BCUT2D eigenvalue weighted by Crippen LogP contribution is 2.39.